The zero-order chi connectivity index (χ0) is 14.7. The Hall–Kier alpha value is -2.87. The fourth-order valence-electron chi connectivity index (χ4n) is 2.28. The second-order valence-corrected chi connectivity index (χ2v) is 4.89. The van der Waals surface area contributed by atoms with E-state index in [9.17, 15) is 4.79 Å². The van der Waals surface area contributed by atoms with E-state index in [2.05, 4.69) is 0 Å². The number of fused-ring (bicyclic) bond motifs is 1. The molecule has 3 aromatic rings. The summed E-state index contributed by atoms with van der Waals surface area (Å²) in [7, 11) is 0. The van der Waals surface area contributed by atoms with Gasteiger partial charge in [0.25, 0.3) is 0 Å². The van der Waals surface area contributed by atoms with Crippen molar-refractivity contribution in [2.75, 3.05) is 0 Å². The highest BCUT2D eigenvalue weighted by Crippen LogP contribution is 2.19. The van der Waals surface area contributed by atoms with E-state index in [0.29, 0.717) is 11.3 Å². The van der Waals surface area contributed by atoms with Crippen molar-refractivity contribution >= 4 is 22.3 Å². The van der Waals surface area contributed by atoms with E-state index >= 15 is 0 Å². The van der Waals surface area contributed by atoms with Crippen LogP contribution in [0.1, 0.15) is 15.9 Å². The summed E-state index contributed by atoms with van der Waals surface area (Å²) in [6.45, 7) is 0. The van der Waals surface area contributed by atoms with Crippen molar-refractivity contribution < 1.29 is 4.79 Å². The van der Waals surface area contributed by atoms with Crippen molar-refractivity contribution in [2.24, 2.45) is 5.73 Å². The summed E-state index contributed by atoms with van der Waals surface area (Å²) in [4.78, 5) is 12.1. The Balaban J connectivity index is 1.94. The Bertz CT molecular complexity index is 819. The van der Waals surface area contributed by atoms with Gasteiger partial charge in [-0.3, -0.25) is 4.79 Å². The molecule has 0 aliphatic heterocycles. The Morgan fingerprint density at radius 2 is 1.43 bits per heavy atom. The lowest BCUT2D eigenvalue weighted by molar-refractivity contribution is 0.104. The Labute approximate surface area is 123 Å². The molecule has 3 aromatic carbocycles. The van der Waals surface area contributed by atoms with Crippen LogP contribution in [-0.2, 0) is 0 Å². The highest BCUT2D eigenvalue weighted by atomic mass is 16.1. The van der Waals surface area contributed by atoms with Crippen molar-refractivity contribution in [3.8, 4) is 0 Å². The molecule has 0 aliphatic rings. The molecule has 0 heterocycles. The molecule has 2 nitrogen and oxygen atoms in total. The molecule has 0 fully saturated rings. The predicted molar refractivity (Wildman–Crippen MR) is 86.9 cm³/mol. The Morgan fingerprint density at radius 1 is 0.762 bits per heavy atom. The summed E-state index contributed by atoms with van der Waals surface area (Å²) in [6.07, 6.45) is 1.49. The van der Waals surface area contributed by atoms with Gasteiger partial charge in [0.1, 0.15) is 0 Å². The molecule has 0 aromatic heterocycles. The lowest BCUT2D eigenvalue weighted by Gasteiger charge is -2.04. The van der Waals surface area contributed by atoms with Crippen molar-refractivity contribution in [3.05, 3.63) is 90.0 Å². The Morgan fingerprint density at radius 3 is 2.19 bits per heavy atom. The maximum Gasteiger partial charge on any atom is 0.187 e. The van der Waals surface area contributed by atoms with Gasteiger partial charge in [-0.2, -0.15) is 0 Å². The standard InChI is InChI=1S/C19H15NO/c20-18(13-19(21)15-7-2-1-3-8-15)17-11-10-14-6-4-5-9-16(14)12-17/h1-13H,20H2/b18-13-. The van der Waals surface area contributed by atoms with Crippen molar-refractivity contribution in [1.29, 1.82) is 0 Å². The van der Waals surface area contributed by atoms with Crippen LogP contribution in [0.2, 0.25) is 0 Å². The smallest absolute Gasteiger partial charge is 0.187 e. The second kappa shape index (κ2) is 5.63. The lowest BCUT2D eigenvalue weighted by Crippen LogP contribution is -2.02. The molecule has 2 heteroatoms. The first-order chi connectivity index (χ1) is 10.2. The van der Waals surface area contributed by atoms with Gasteiger partial charge in [0.15, 0.2) is 5.78 Å². The molecular formula is C19H15NO. The monoisotopic (exact) mass is 273 g/mol. The number of hydrogen-bond donors (Lipinski definition) is 1. The summed E-state index contributed by atoms with van der Waals surface area (Å²) < 4.78 is 0. The maximum absolute atomic E-state index is 12.1. The van der Waals surface area contributed by atoms with Gasteiger partial charge in [-0.15, -0.1) is 0 Å². The minimum Gasteiger partial charge on any atom is -0.398 e. The van der Waals surface area contributed by atoms with E-state index in [1.54, 1.807) is 12.1 Å². The third-order valence-corrected chi connectivity index (χ3v) is 3.43. The molecular weight excluding hydrogens is 258 g/mol. The Kier molecular flexibility index (Phi) is 3.52. The molecule has 102 valence electrons. The first-order valence-corrected chi connectivity index (χ1v) is 6.80. The van der Waals surface area contributed by atoms with Crippen LogP contribution < -0.4 is 5.73 Å². The summed E-state index contributed by atoms with van der Waals surface area (Å²) in [5, 5.41) is 2.27. The molecule has 0 saturated carbocycles. The van der Waals surface area contributed by atoms with E-state index in [4.69, 9.17) is 5.73 Å². The molecule has 0 bridgehead atoms. The fraction of sp³-hybridized carbons (Fsp3) is 0. The van der Waals surface area contributed by atoms with Crippen LogP contribution in [0.4, 0.5) is 0 Å². The van der Waals surface area contributed by atoms with Crippen molar-refractivity contribution in [3.63, 3.8) is 0 Å². The molecule has 0 atom stereocenters. The maximum atomic E-state index is 12.1. The minimum absolute atomic E-state index is 0.0822. The third kappa shape index (κ3) is 2.84. The van der Waals surface area contributed by atoms with Crippen LogP contribution in [-0.4, -0.2) is 5.78 Å². The number of carbonyl (C=O) groups excluding carboxylic acids is 1. The van der Waals surface area contributed by atoms with Crippen LogP contribution in [0, 0.1) is 0 Å². The van der Waals surface area contributed by atoms with Crippen LogP contribution in [0.5, 0.6) is 0 Å². The quantitative estimate of drug-likeness (QED) is 0.578. The number of benzene rings is 3. The second-order valence-electron chi connectivity index (χ2n) is 4.89. The summed E-state index contributed by atoms with van der Waals surface area (Å²) in [6, 6.07) is 23.2. The van der Waals surface area contributed by atoms with Crippen molar-refractivity contribution in [1.82, 2.24) is 0 Å². The van der Waals surface area contributed by atoms with E-state index in [0.717, 1.165) is 16.3 Å². The van der Waals surface area contributed by atoms with E-state index in [1.807, 2.05) is 60.7 Å². The number of rotatable bonds is 3. The van der Waals surface area contributed by atoms with Gasteiger partial charge < -0.3 is 5.73 Å². The average molecular weight is 273 g/mol. The molecule has 3 rings (SSSR count). The van der Waals surface area contributed by atoms with E-state index < -0.39 is 0 Å². The highest BCUT2D eigenvalue weighted by Gasteiger charge is 2.04. The van der Waals surface area contributed by atoms with E-state index in [-0.39, 0.29) is 5.78 Å². The van der Waals surface area contributed by atoms with Gasteiger partial charge in [0.05, 0.1) is 0 Å². The molecule has 21 heavy (non-hydrogen) atoms. The van der Waals surface area contributed by atoms with Gasteiger partial charge in [-0.1, -0.05) is 66.7 Å². The largest absolute Gasteiger partial charge is 0.398 e. The number of hydrogen-bond acceptors (Lipinski definition) is 2. The van der Waals surface area contributed by atoms with E-state index in [1.165, 1.54) is 6.08 Å². The number of allylic oxidation sites excluding steroid dienone is 1. The molecule has 0 saturated heterocycles. The number of nitrogens with two attached hydrogens (primary N) is 1. The SMILES string of the molecule is N/C(=C\C(=O)c1ccccc1)c1ccc2ccccc2c1. The molecule has 0 unspecified atom stereocenters. The van der Waals surface area contributed by atoms with Crippen LogP contribution in [0.25, 0.3) is 16.5 Å². The third-order valence-electron chi connectivity index (χ3n) is 3.43. The molecule has 2 N–H and O–H groups in total. The fourth-order valence-corrected chi connectivity index (χ4v) is 2.28. The van der Waals surface area contributed by atoms with Gasteiger partial charge in [-0.25, -0.2) is 0 Å². The molecule has 0 aliphatic carbocycles. The summed E-state index contributed by atoms with van der Waals surface area (Å²) >= 11 is 0. The number of ketones is 1. The zero-order valence-corrected chi connectivity index (χ0v) is 11.5. The predicted octanol–water partition coefficient (Wildman–Crippen LogP) is 4.02. The van der Waals surface area contributed by atoms with Gasteiger partial charge >= 0.3 is 0 Å². The van der Waals surface area contributed by atoms with Gasteiger partial charge in [-0.05, 0) is 22.4 Å². The summed E-state index contributed by atoms with van der Waals surface area (Å²) in [5.74, 6) is -0.0822. The zero-order valence-electron chi connectivity index (χ0n) is 11.5. The first-order valence-electron chi connectivity index (χ1n) is 6.80. The van der Waals surface area contributed by atoms with Gasteiger partial charge in [0, 0.05) is 17.3 Å². The van der Waals surface area contributed by atoms with Crippen molar-refractivity contribution in [2.45, 2.75) is 0 Å². The van der Waals surface area contributed by atoms with Gasteiger partial charge in [0.2, 0.25) is 0 Å². The molecule has 0 spiro atoms. The van der Waals surface area contributed by atoms with Crippen LogP contribution >= 0.6 is 0 Å². The number of carbonyl (C=O) groups is 1. The first kappa shape index (κ1) is 13.1. The summed E-state index contributed by atoms with van der Waals surface area (Å²) in [5.41, 5.74) is 8.04. The normalized spacial score (nSPS) is 11.5. The van der Waals surface area contributed by atoms with Crippen LogP contribution in [0.15, 0.2) is 78.9 Å². The topological polar surface area (TPSA) is 43.1 Å². The molecule has 0 amide bonds. The average Bonchev–Trinajstić information content (AvgIpc) is 2.55. The highest BCUT2D eigenvalue weighted by molar-refractivity contribution is 6.08. The minimum atomic E-state index is -0.0822. The molecule has 0 radical (unpaired) electrons. The van der Waals surface area contributed by atoms with Crippen LogP contribution in [0.3, 0.4) is 0 Å². The lowest BCUT2D eigenvalue weighted by atomic mass is 10.0.